The van der Waals surface area contributed by atoms with Gasteiger partial charge in [0.1, 0.15) is 0 Å². The summed E-state index contributed by atoms with van der Waals surface area (Å²) in [6.07, 6.45) is -1.03. The van der Waals surface area contributed by atoms with Crippen LogP contribution < -0.4 is 5.32 Å². The van der Waals surface area contributed by atoms with Gasteiger partial charge in [-0.15, -0.1) is 0 Å². The van der Waals surface area contributed by atoms with E-state index >= 15 is 0 Å². The van der Waals surface area contributed by atoms with Gasteiger partial charge in [0.15, 0.2) is 0 Å². The lowest BCUT2D eigenvalue weighted by Gasteiger charge is -2.18. The summed E-state index contributed by atoms with van der Waals surface area (Å²) in [7, 11) is 0. The average Bonchev–Trinajstić information content (AvgIpc) is 2.63. The van der Waals surface area contributed by atoms with E-state index in [1.54, 1.807) is 6.20 Å². The summed E-state index contributed by atoms with van der Waals surface area (Å²) in [5, 5.41) is 7.21. The molecule has 1 aromatic heterocycles. The molecule has 0 amide bonds. The standard InChI is InChI=1S/C12H20F3N3/c1-11(2,3)18-9-10(8-17-18)7-16-6-4-5-12(13,14)15/h8-9,16H,4-7H2,1-3H3. The number of nitrogens with one attached hydrogen (secondary N) is 1. The quantitative estimate of drug-likeness (QED) is 0.827. The fraction of sp³-hybridized carbons (Fsp3) is 0.750. The Hall–Kier alpha value is -1.04. The second-order valence-electron chi connectivity index (χ2n) is 5.36. The number of rotatable bonds is 5. The Balaban J connectivity index is 2.26. The highest BCUT2D eigenvalue weighted by Crippen LogP contribution is 2.20. The summed E-state index contributed by atoms with van der Waals surface area (Å²) in [6.45, 7) is 7.04. The van der Waals surface area contributed by atoms with Crippen molar-refractivity contribution < 1.29 is 13.2 Å². The second kappa shape index (κ2) is 5.73. The molecule has 6 heteroatoms. The maximum atomic E-state index is 11.9. The molecule has 0 atom stereocenters. The van der Waals surface area contributed by atoms with Crippen molar-refractivity contribution in [2.45, 2.75) is 51.9 Å². The van der Waals surface area contributed by atoms with Crippen molar-refractivity contribution in [2.75, 3.05) is 6.54 Å². The van der Waals surface area contributed by atoms with Gasteiger partial charge < -0.3 is 5.32 Å². The molecule has 0 aliphatic heterocycles. The molecule has 0 spiro atoms. The monoisotopic (exact) mass is 263 g/mol. The number of alkyl halides is 3. The van der Waals surface area contributed by atoms with Crippen LogP contribution in [-0.2, 0) is 12.1 Å². The van der Waals surface area contributed by atoms with Crippen molar-refractivity contribution in [3.63, 3.8) is 0 Å². The Bertz CT molecular complexity index is 363. The van der Waals surface area contributed by atoms with E-state index in [0.717, 1.165) is 5.56 Å². The first-order valence-electron chi connectivity index (χ1n) is 6.00. The van der Waals surface area contributed by atoms with Gasteiger partial charge in [-0.2, -0.15) is 18.3 Å². The van der Waals surface area contributed by atoms with Crippen LogP contribution in [0, 0.1) is 0 Å². The Morgan fingerprint density at radius 1 is 1.28 bits per heavy atom. The summed E-state index contributed by atoms with van der Waals surface area (Å²) in [4.78, 5) is 0. The van der Waals surface area contributed by atoms with Crippen molar-refractivity contribution in [1.29, 1.82) is 0 Å². The fourth-order valence-corrected chi connectivity index (χ4v) is 1.46. The van der Waals surface area contributed by atoms with Crippen LogP contribution in [0.4, 0.5) is 13.2 Å². The van der Waals surface area contributed by atoms with Gasteiger partial charge in [0.25, 0.3) is 0 Å². The summed E-state index contributed by atoms with van der Waals surface area (Å²) in [5.74, 6) is 0. The molecule has 1 heterocycles. The lowest BCUT2D eigenvalue weighted by molar-refractivity contribution is -0.135. The molecule has 104 valence electrons. The van der Waals surface area contributed by atoms with Crippen molar-refractivity contribution >= 4 is 0 Å². The molecule has 1 rings (SSSR count). The van der Waals surface area contributed by atoms with Crippen molar-refractivity contribution in [3.05, 3.63) is 18.0 Å². The smallest absolute Gasteiger partial charge is 0.313 e. The predicted molar refractivity (Wildman–Crippen MR) is 64.2 cm³/mol. The Labute approximate surface area is 105 Å². The first kappa shape index (κ1) is 15.0. The number of hydrogen-bond donors (Lipinski definition) is 1. The summed E-state index contributed by atoms with van der Waals surface area (Å²) < 4.78 is 37.5. The van der Waals surface area contributed by atoms with Crippen LogP contribution >= 0.6 is 0 Å². The molecule has 0 aliphatic rings. The van der Waals surface area contributed by atoms with Gasteiger partial charge in [0.05, 0.1) is 11.7 Å². The third-order valence-corrected chi connectivity index (χ3v) is 2.47. The molecule has 0 saturated carbocycles. The van der Waals surface area contributed by atoms with E-state index in [-0.39, 0.29) is 12.0 Å². The van der Waals surface area contributed by atoms with Crippen LogP contribution in [-0.4, -0.2) is 22.5 Å². The van der Waals surface area contributed by atoms with E-state index in [9.17, 15) is 13.2 Å². The number of halogens is 3. The van der Waals surface area contributed by atoms with E-state index in [1.165, 1.54) is 0 Å². The largest absolute Gasteiger partial charge is 0.389 e. The Morgan fingerprint density at radius 3 is 2.44 bits per heavy atom. The van der Waals surface area contributed by atoms with E-state index in [4.69, 9.17) is 0 Å². The molecule has 0 bridgehead atoms. The zero-order chi connectivity index (χ0) is 13.8. The molecular formula is C12H20F3N3. The number of aromatic nitrogens is 2. The highest BCUT2D eigenvalue weighted by Gasteiger charge is 2.25. The third-order valence-electron chi connectivity index (χ3n) is 2.47. The first-order chi connectivity index (χ1) is 8.18. The molecule has 0 saturated heterocycles. The molecule has 0 aromatic carbocycles. The van der Waals surface area contributed by atoms with E-state index in [2.05, 4.69) is 10.4 Å². The average molecular weight is 263 g/mol. The summed E-state index contributed by atoms with van der Waals surface area (Å²) in [6, 6.07) is 0. The summed E-state index contributed by atoms with van der Waals surface area (Å²) in [5.41, 5.74) is 0.908. The van der Waals surface area contributed by atoms with E-state index < -0.39 is 12.6 Å². The van der Waals surface area contributed by atoms with Crippen LogP contribution in [0.5, 0.6) is 0 Å². The minimum absolute atomic E-state index is 0.0749. The van der Waals surface area contributed by atoms with Gasteiger partial charge in [-0.3, -0.25) is 4.68 Å². The molecule has 0 radical (unpaired) electrons. The normalized spacial score (nSPS) is 13.0. The molecular weight excluding hydrogens is 243 g/mol. The van der Waals surface area contributed by atoms with Gasteiger partial charge in [-0.1, -0.05) is 0 Å². The Morgan fingerprint density at radius 2 is 1.94 bits per heavy atom. The molecule has 0 fully saturated rings. The highest BCUT2D eigenvalue weighted by atomic mass is 19.4. The topological polar surface area (TPSA) is 29.9 Å². The molecule has 1 N–H and O–H groups in total. The first-order valence-corrected chi connectivity index (χ1v) is 6.00. The van der Waals surface area contributed by atoms with Gasteiger partial charge in [0.2, 0.25) is 0 Å². The van der Waals surface area contributed by atoms with Crippen molar-refractivity contribution in [2.24, 2.45) is 0 Å². The van der Waals surface area contributed by atoms with Gasteiger partial charge >= 0.3 is 6.18 Å². The highest BCUT2D eigenvalue weighted by molar-refractivity contribution is 5.04. The molecule has 0 unspecified atom stereocenters. The van der Waals surface area contributed by atoms with E-state index in [0.29, 0.717) is 13.1 Å². The minimum atomic E-state index is -4.06. The number of hydrogen-bond acceptors (Lipinski definition) is 2. The van der Waals surface area contributed by atoms with Gasteiger partial charge in [-0.25, -0.2) is 0 Å². The van der Waals surface area contributed by atoms with Crippen molar-refractivity contribution in [1.82, 2.24) is 15.1 Å². The van der Waals surface area contributed by atoms with Crippen LogP contribution in [0.3, 0.4) is 0 Å². The van der Waals surface area contributed by atoms with Crippen LogP contribution in [0.2, 0.25) is 0 Å². The Kier molecular flexibility index (Phi) is 4.78. The molecule has 3 nitrogen and oxygen atoms in total. The van der Waals surface area contributed by atoms with Crippen molar-refractivity contribution in [3.8, 4) is 0 Å². The predicted octanol–water partition coefficient (Wildman–Crippen LogP) is 3.07. The second-order valence-corrected chi connectivity index (χ2v) is 5.36. The zero-order valence-electron chi connectivity index (χ0n) is 11.0. The maximum Gasteiger partial charge on any atom is 0.389 e. The van der Waals surface area contributed by atoms with E-state index in [1.807, 2.05) is 31.6 Å². The van der Waals surface area contributed by atoms with Crippen LogP contribution in [0.15, 0.2) is 12.4 Å². The number of nitrogens with zero attached hydrogens (tertiary/aromatic N) is 2. The van der Waals surface area contributed by atoms with Gasteiger partial charge in [-0.05, 0) is 33.7 Å². The van der Waals surface area contributed by atoms with Crippen LogP contribution in [0.25, 0.3) is 0 Å². The SMILES string of the molecule is CC(C)(C)n1cc(CNCCCC(F)(F)F)cn1. The minimum Gasteiger partial charge on any atom is -0.313 e. The third kappa shape index (κ3) is 5.53. The fourth-order valence-electron chi connectivity index (χ4n) is 1.46. The zero-order valence-corrected chi connectivity index (χ0v) is 11.0. The maximum absolute atomic E-state index is 11.9. The van der Waals surface area contributed by atoms with Crippen LogP contribution in [0.1, 0.15) is 39.2 Å². The molecule has 1 aromatic rings. The lowest BCUT2D eigenvalue weighted by atomic mass is 10.1. The van der Waals surface area contributed by atoms with Gasteiger partial charge in [0, 0.05) is 24.7 Å². The lowest BCUT2D eigenvalue weighted by Crippen LogP contribution is -2.22. The molecule has 0 aliphatic carbocycles. The summed E-state index contributed by atoms with van der Waals surface area (Å²) >= 11 is 0. The molecule has 18 heavy (non-hydrogen) atoms.